The first-order chi connectivity index (χ1) is 10.1. The fourth-order valence-electron chi connectivity index (χ4n) is 2.54. The number of anilines is 1. The number of hydrogen-bond donors (Lipinski definition) is 3. The molecule has 1 aliphatic heterocycles. The molecule has 0 spiro atoms. The van der Waals surface area contributed by atoms with Gasteiger partial charge in [0.05, 0.1) is 5.69 Å². The van der Waals surface area contributed by atoms with E-state index in [-0.39, 0.29) is 17.5 Å². The Labute approximate surface area is 130 Å². The third kappa shape index (κ3) is 4.49. The first-order valence-electron chi connectivity index (χ1n) is 7.12. The number of nitrogens with one attached hydrogen (secondary N) is 1. The average Bonchev–Trinajstić information content (AvgIpc) is 2.93. The molecule has 0 aliphatic carbocycles. The monoisotopic (exact) mass is 307 g/mol. The molecule has 1 fully saturated rings. The highest BCUT2D eigenvalue weighted by Gasteiger charge is 2.21. The molecular weight excluding hydrogens is 286 g/mol. The molecule has 1 amide bonds. The number of nitrogens with two attached hydrogens (primary N) is 1. The largest absolute Gasteiger partial charge is 0.396 e. The van der Waals surface area contributed by atoms with Gasteiger partial charge in [0.1, 0.15) is 4.99 Å². The van der Waals surface area contributed by atoms with Crippen LogP contribution in [-0.4, -0.2) is 47.1 Å². The first kappa shape index (κ1) is 15.9. The van der Waals surface area contributed by atoms with Crippen molar-refractivity contribution in [2.24, 2.45) is 11.7 Å². The van der Waals surface area contributed by atoms with Crippen molar-refractivity contribution in [2.75, 3.05) is 31.6 Å². The summed E-state index contributed by atoms with van der Waals surface area (Å²) < 4.78 is 0. The molecular formula is C15H21N3O2S. The van der Waals surface area contributed by atoms with Crippen molar-refractivity contribution in [3.8, 4) is 0 Å². The van der Waals surface area contributed by atoms with E-state index in [1.165, 1.54) is 0 Å². The summed E-state index contributed by atoms with van der Waals surface area (Å²) in [4.78, 5) is 14.5. The fraction of sp³-hybridized carbons (Fsp3) is 0.467. The second-order valence-electron chi connectivity index (χ2n) is 5.35. The highest BCUT2D eigenvalue weighted by atomic mass is 32.1. The number of thiocarbonyl (C=S) groups is 1. The number of likely N-dealkylation sites (tertiary alicyclic amines) is 1. The number of aliphatic hydroxyl groups excluding tert-OH is 1. The molecule has 1 saturated heterocycles. The Hall–Kier alpha value is -1.50. The third-order valence-electron chi connectivity index (χ3n) is 3.75. The molecule has 1 aromatic rings. The summed E-state index contributed by atoms with van der Waals surface area (Å²) in [6.07, 6.45) is 1.42. The van der Waals surface area contributed by atoms with Crippen LogP contribution in [0.4, 0.5) is 5.69 Å². The number of benzene rings is 1. The van der Waals surface area contributed by atoms with Crippen LogP contribution in [0, 0.1) is 5.92 Å². The van der Waals surface area contributed by atoms with Gasteiger partial charge in [0.25, 0.3) is 0 Å². The fourth-order valence-corrected chi connectivity index (χ4v) is 2.72. The van der Waals surface area contributed by atoms with E-state index in [0.29, 0.717) is 30.1 Å². The van der Waals surface area contributed by atoms with Crippen molar-refractivity contribution in [1.29, 1.82) is 0 Å². The minimum absolute atomic E-state index is 0.0499. The topological polar surface area (TPSA) is 78.6 Å². The zero-order valence-corrected chi connectivity index (χ0v) is 12.7. The number of aliphatic hydroxyl groups is 1. The molecule has 0 aromatic heterocycles. The molecule has 5 nitrogen and oxygen atoms in total. The van der Waals surface area contributed by atoms with E-state index in [1.807, 2.05) is 12.1 Å². The molecule has 21 heavy (non-hydrogen) atoms. The smallest absolute Gasteiger partial charge is 0.225 e. The van der Waals surface area contributed by atoms with E-state index in [1.54, 1.807) is 12.1 Å². The van der Waals surface area contributed by atoms with Crippen molar-refractivity contribution in [1.82, 2.24) is 4.90 Å². The van der Waals surface area contributed by atoms with E-state index in [0.717, 1.165) is 19.5 Å². The molecule has 1 aliphatic rings. The van der Waals surface area contributed by atoms with Gasteiger partial charge in [-0.3, -0.25) is 4.79 Å². The average molecular weight is 307 g/mol. The standard InChI is InChI=1S/C15H21N3O2S/c16-15(21)12-3-1-2-4-13(12)17-14(20)6-8-18-7-5-11(9-18)10-19/h1-4,11,19H,5-10H2,(H2,16,21)(H,17,20). The zero-order valence-electron chi connectivity index (χ0n) is 11.9. The summed E-state index contributed by atoms with van der Waals surface area (Å²) >= 11 is 4.98. The van der Waals surface area contributed by atoms with Crippen molar-refractivity contribution in [3.63, 3.8) is 0 Å². The van der Waals surface area contributed by atoms with Gasteiger partial charge in [-0.15, -0.1) is 0 Å². The summed E-state index contributed by atoms with van der Waals surface area (Å²) in [6.45, 7) is 2.75. The quantitative estimate of drug-likeness (QED) is 0.682. The summed E-state index contributed by atoms with van der Waals surface area (Å²) in [5.74, 6) is 0.301. The number of carbonyl (C=O) groups is 1. The first-order valence-corrected chi connectivity index (χ1v) is 7.53. The number of rotatable bonds is 6. The molecule has 1 heterocycles. The van der Waals surface area contributed by atoms with Gasteiger partial charge in [-0.25, -0.2) is 0 Å². The van der Waals surface area contributed by atoms with Gasteiger partial charge in [0.2, 0.25) is 5.91 Å². The predicted octanol–water partition coefficient (Wildman–Crippen LogP) is 0.964. The predicted molar refractivity (Wildman–Crippen MR) is 87.2 cm³/mol. The molecule has 0 bridgehead atoms. The minimum atomic E-state index is -0.0499. The van der Waals surface area contributed by atoms with Crippen LogP contribution in [0.3, 0.4) is 0 Å². The maximum Gasteiger partial charge on any atom is 0.225 e. The summed E-state index contributed by atoms with van der Waals surface area (Å²) in [7, 11) is 0. The van der Waals surface area contributed by atoms with Gasteiger partial charge in [-0.2, -0.15) is 0 Å². The van der Waals surface area contributed by atoms with Gasteiger partial charge in [-0.05, 0) is 31.0 Å². The number of hydrogen-bond acceptors (Lipinski definition) is 4. The number of nitrogens with zero attached hydrogens (tertiary/aromatic N) is 1. The molecule has 6 heteroatoms. The third-order valence-corrected chi connectivity index (χ3v) is 3.97. The van der Waals surface area contributed by atoms with Crippen molar-refractivity contribution >= 4 is 28.8 Å². The van der Waals surface area contributed by atoms with Crippen molar-refractivity contribution < 1.29 is 9.90 Å². The molecule has 2 rings (SSSR count). The Kier molecular flexibility index (Phi) is 5.67. The van der Waals surface area contributed by atoms with Crippen LogP contribution in [0.25, 0.3) is 0 Å². The van der Waals surface area contributed by atoms with Crippen molar-refractivity contribution in [3.05, 3.63) is 29.8 Å². The normalized spacial score (nSPS) is 18.6. The highest BCUT2D eigenvalue weighted by molar-refractivity contribution is 7.80. The molecule has 0 saturated carbocycles. The van der Waals surface area contributed by atoms with Crippen molar-refractivity contribution in [2.45, 2.75) is 12.8 Å². The maximum atomic E-state index is 12.0. The lowest BCUT2D eigenvalue weighted by Gasteiger charge is -2.15. The summed E-state index contributed by atoms with van der Waals surface area (Å²) in [5, 5.41) is 12.0. The zero-order chi connectivity index (χ0) is 15.2. The van der Waals surface area contributed by atoms with Crippen LogP contribution in [0.15, 0.2) is 24.3 Å². The van der Waals surface area contributed by atoms with Gasteiger partial charge < -0.3 is 21.1 Å². The molecule has 114 valence electrons. The van der Waals surface area contributed by atoms with Crippen LogP contribution < -0.4 is 11.1 Å². The second-order valence-corrected chi connectivity index (χ2v) is 5.79. The van der Waals surface area contributed by atoms with Gasteiger partial charge >= 0.3 is 0 Å². The lowest BCUT2D eigenvalue weighted by Crippen LogP contribution is -2.27. The Bertz CT molecular complexity index is 521. The Morgan fingerprint density at radius 2 is 2.24 bits per heavy atom. The van der Waals surface area contributed by atoms with Crippen LogP contribution in [0.1, 0.15) is 18.4 Å². The van der Waals surface area contributed by atoms with E-state index in [4.69, 9.17) is 23.1 Å². The Morgan fingerprint density at radius 3 is 2.90 bits per heavy atom. The van der Waals surface area contributed by atoms with E-state index < -0.39 is 0 Å². The van der Waals surface area contributed by atoms with E-state index >= 15 is 0 Å². The summed E-state index contributed by atoms with van der Waals surface area (Å²) in [5.41, 5.74) is 6.98. The van der Waals surface area contributed by atoms with Crippen LogP contribution in [0.2, 0.25) is 0 Å². The number of amides is 1. The molecule has 4 N–H and O–H groups in total. The SMILES string of the molecule is NC(=S)c1ccccc1NC(=O)CCN1CCC(CO)C1. The van der Waals surface area contributed by atoms with Gasteiger partial charge in [0, 0.05) is 31.7 Å². The minimum Gasteiger partial charge on any atom is -0.396 e. The molecule has 1 atom stereocenters. The van der Waals surface area contributed by atoms with Gasteiger partial charge in [-0.1, -0.05) is 24.4 Å². The van der Waals surface area contributed by atoms with Gasteiger partial charge in [0.15, 0.2) is 0 Å². The lowest BCUT2D eigenvalue weighted by atomic mass is 10.1. The lowest BCUT2D eigenvalue weighted by molar-refractivity contribution is -0.116. The second kappa shape index (κ2) is 7.49. The molecule has 0 radical (unpaired) electrons. The van der Waals surface area contributed by atoms with E-state index in [2.05, 4.69) is 10.2 Å². The summed E-state index contributed by atoms with van der Waals surface area (Å²) in [6, 6.07) is 7.27. The number of para-hydroxylation sites is 1. The van der Waals surface area contributed by atoms with Crippen LogP contribution >= 0.6 is 12.2 Å². The Morgan fingerprint density at radius 1 is 1.48 bits per heavy atom. The van der Waals surface area contributed by atoms with Crippen LogP contribution in [0.5, 0.6) is 0 Å². The molecule has 1 unspecified atom stereocenters. The molecule has 1 aromatic carbocycles. The number of carbonyl (C=O) groups excluding carboxylic acids is 1. The van der Waals surface area contributed by atoms with E-state index in [9.17, 15) is 4.79 Å². The van der Waals surface area contributed by atoms with Crippen LogP contribution in [-0.2, 0) is 4.79 Å². The highest BCUT2D eigenvalue weighted by Crippen LogP contribution is 2.17. The Balaban J connectivity index is 1.84. The maximum absolute atomic E-state index is 12.0.